The Hall–Kier alpha value is -4.00. The average Bonchev–Trinajstić information content (AvgIpc) is 3.54. The van der Waals surface area contributed by atoms with Crippen LogP contribution < -0.4 is 16.0 Å². The Morgan fingerprint density at radius 1 is 0.838 bits per heavy atom. The molecule has 7 nitrogen and oxygen atoms in total. The van der Waals surface area contributed by atoms with Gasteiger partial charge in [-0.15, -0.1) is 0 Å². The molecule has 0 spiro atoms. The standard InChI is InChI=1S/C30H34N4O3/c1-8-18-10-21-14(3)15(4)22(32-21)11-23-16(5)19(9-2)25(33-23)12-24-17(6)26-28(34-24)20(13-31-18)27(29(26)35)30(36)37-7/h10-13,27,31-34H,8-9H2,1-7H3/b18-10-,20-13-,23-11-,25-12-/t27-/m1/s1. The monoisotopic (exact) mass is 498 g/mol. The summed E-state index contributed by atoms with van der Waals surface area (Å²) in [6.07, 6.45) is 9.74. The molecule has 4 N–H and O–H groups in total. The van der Waals surface area contributed by atoms with E-state index in [1.54, 1.807) is 6.20 Å². The lowest BCUT2D eigenvalue weighted by atomic mass is 9.99. The highest BCUT2D eigenvalue weighted by molar-refractivity contribution is 6.24. The number of ketones is 1. The van der Waals surface area contributed by atoms with Gasteiger partial charge in [0.15, 0.2) is 5.78 Å². The van der Waals surface area contributed by atoms with E-state index in [0.29, 0.717) is 16.8 Å². The highest BCUT2D eigenvalue weighted by atomic mass is 16.5. The number of Topliss-reactive ketones (excluding diaryl/α,β-unsaturated/α-hetero) is 1. The lowest BCUT2D eigenvalue weighted by molar-refractivity contribution is -0.141. The molecular weight excluding hydrogens is 464 g/mol. The second-order valence-electron chi connectivity index (χ2n) is 9.90. The van der Waals surface area contributed by atoms with Gasteiger partial charge in [-0.25, -0.2) is 0 Å². The van der Waals surface area contributed by atoms with Gasteiger partial charge in [0.25, 0.3) is 0 Å². The topological polar surface area (TPSA) is 103 Å². The number of hydrogen-bond acceptors (Lipinski definition) is 4. The van der Waals surface area contributed by atoms with Crippen molar-refractivity contribution >= 4 is 35.6 Å². The predicted molar refractivity (Wildman–Crippen MR) is 146 cm³/mol. The SMILES string of the molecule is CC/C1=C/c2[nH]c(c(C)c2C)/C=c2\[nH]/c(c(CC)c2C)=C\c2[nH]c3c(c2C)C(=O)[C@H](C(=O)OC)/C3=C/N1. The summed E-state index contributed by atoms with van der Waals surface area (Å²) >= 11 is 0. The maximum Gasteiger partial charge on any atom is 0.321 e. The molecule has 7 heteroatoms. The van der Waals surface area contributed by atoms with Gasteiger partial charge in [-0.05, 0) is 86.6 Å². The Morgan fingerprint density at radius 3 is 2.14 bits per heavy atom. The Bertz CT molecular complexity index is 1640. The van der Waals surface area contributed by atoms with Crippen molar-refractivity contribution in [2.75, 3.05) is 7.11 Å². The largest absolute Gasteiger partial charge is 0.468 e. The van der Waals surface area contributed by atoms with Crippen LogP contribution >= 0.6 is 0 Å². The molecule has 0 fully saturated rings. The number of carbonyl (C=O) groups is 2. The van der Waals surface area contributed by atoms with Crippen molar-refractivity contribution in [3.63, 3.8) is 0 Å². The van der Waals surface area contributed by atoms with E-state index in [1.807, 2.05) is 6.92 Å². The van der Waals surface area contributed by atoms with Gasteiger partial charge in [0.2, 0.25) is 0 Å². The van der Waals surface area contributed by atoms with Crippen LogP contribution in [0, 0.1) is 33.6 Å². The summed E-state index contributed by atoms with van der Waals surface area (Å²) in [5.41, 5.74) is 11.4. The fourth-order valence-corrected chi connectivity index (χ4v) is 5.53. The molecule has 4 heterocycles. The first kappa shape index (κ1) is 24.7. The molecule has 5 rings (SSSR count). The van der Waals surface area contributed by atoms with Crippen LogP contribution in [-0.2, 0) is 16.0 Å². The predicted octanol–water partition coefficient (Wildman–Crippen LogP) is 3.81. The zero-order valence-electron chi connectivity index (χ0n) is 22.5. The van der Waals surface area contributed by atoms with E-state index in [9.17, 15) is 9.59 Å². The molecule has 6 bridgehead atoms. The Balaban J connectivity index is 1.85. The van der Waals surface area contributed by atoms with Crippen molar-refractivity contribution < 1.29 is 14.3 Å². The summed E-state index contributed by atoms with van der Waals surface area (Å²) in [6.45, 7) is 12.5. The van der Waals surface area contributed by atoms with Gasteiger partial charge in [0, 0.05) is 50.8 Å². The van der Waals surface area contributed by atoms with Crippen molar-refractivity contribution in [3.8, 4) is 0 Å². The van der Waals surface area contributed by atoms with Crippen LogP contribution in [0.25, 0.3) is 23.8 Å². The highest BCUT2D eigenvalue weighted by Gasteiger charge is 2.44. The van der Waals surface area contributed by atoms with E-state index in [2.05, 4.69) is 73.1 Å². The highest BCUT2D eigenvalue weighted by Crippen LogP contribution is 2.40. The average molecular weight is 499 g/mol. The number of ether oxygens (including phenoxy) is 1. The molecule has 0 unspecified atom stereocenters. The first-order valence-electron chi connectivity index (χ1n) is 12.8. The molecule has 0 saturated heterocycles. The number of aromatic amines is 3. The minimum Gasteiger partial charge on any atom is -0.468 e. The van der Waals surface area contributed by atoms with E-state index in [-0.39, 0.29) is 5.78 Å². The van der Waals surface area contributed by atoms with Crippen LogP contribution in [0.2, 0.25) is 0 Å². The summed E-state index contributed by atoms with van der Waals surface area (Å²) in [6, 6.07) is 0. The third-order valence-electron chi connectivity index (χ3n) is 7.97. The Labute approximate surface area is 216 Å². The molecule has 0 amide bonds. The fraction of sp³-hybridized carbons (Fsp3) is 0.333. The molecule has 37 heavy (non-hydrogen) atoms. The lowest BCUT2D eigenvalue weighted by Crippen LogP contribution is -2.23. The van der Waals surface area contributed by atoms with Crippen molar-refractivity contribution in [2.45, 2.75) is 54.4 Å². The van der Waals surface area contributed by atoms with Gasteiger partial charge in [-0.2, -0.15) is 0 Å². The summed E-state index contributed by atoms with van der Waals surface area (Å²) in [5.74, 6) is -1.79. The maximum absolute atomic E-state index is 13.5. The third-order valence-corrected chi connectivity index (χ3v) is 7.97. The minimum absolute atomic E-state index is 0.237. The number of aromatic nitrogens is 3. The molecule has 1 aliphatic carbocycles. The molecule has 1 aliphatic heterocycles. The summed E-state index contributed by atoms with van der Waals surface area (Å²) < 4.78 is 5.02. The molecule has 0 saturated carbocycles. The molecular formula is C30H34N4O3. The second-order valence-corrected chi connectivity index (χ2v) is 9.90. The van der Waals surface area contributed by atoms with Crippen molar-refractivity contribution in [3.05, 3.63) is 78.8 Å². The Morgan fingerprint density at radius 2 is 1.49 bits per heavy atom. The molecule has 1 atom stereocenters. The second kappa shape index (κ2) is 9.14. The number of nitrogens with one attached hydrogen (secondary N) is 4. The molecule has 3 aromatic rings. The van der Waals surface area contributed by atoms with Crippen molar-refractivity contribution in [2.24, 2.45) is 5.92 Å². The van der Waals surface area contributed by atoms with E-state index < -0.39 is 11.9 Å². The number of allylic oxidation sites excluding steroid dienone is 1. The summed E-state index contributed by atoms with van der Waals surface area (Å²) in [7, 11) is 1.32. The van der Waals surface area contributed by atoms with E-state index in [1.165, 1.54) is 29.4 Å². The fourth-order valence-electron chi connectivity index (χ4n) is 5.53. The molecule has 0 aromatic carbocycles. The quantitative estimate of drug-likeness (QED) is 0.326. The van der Waals surface area contributed by atoms with Crippen molar-refractivity contribution in [1.82, 2.24) is 20.3 Å². The number of esters is 1. The molecule has 192 valence electrons. The molecule has 2 aliphatic rings. The van der Waals surface area contributed by atoms with Gasteiger partial charge >= 0.3 is 5.97 Å². The maximum atomic E-state index is 13.5. The summed E-state index contributed by atoms with van der Waals surface area (Å²) in [5, 5.41) is 5.45. The first-order valence-corrected chi connectivity index (χ1v) is 12.8. The minimum atomic E-state index is -0.996. The van der Waals surface area contributed by atoms with Crippen LogP contribution in [0.3, 0.4) is 0 Å². The molecule has 3 aromatic heterocycles. The number of carbonyl (C=O) groups excluding carboxylic acids is 2. The molecule has 0 radical (unpaired) electrons. The number of rotatable bonds is 3. The van der Waals surface area contributed by atoms with Crippen LogP contribution in [0.5, 0.6) is 0 Å². The number of methoxy groups -OCH3 is 1. The number of fused-ring (bicyclic) bond motifs is 5. The van der Waals surface area contributed by atoms with Crippen LogP contribution in [-0.4, -0.2) is 33.8 Å². The lowest BCUT2D eigenvalue weighted by Gasteiger charge is -2.12. The van der Waals surface area contributed by atoms with Crippen LogP contribution in [0.15, 0.2) is 11.9 Å². The van der Waals surface area contributed by atoms with Gasteiger partial charge < -0.3 is 25.0 Å². The van der Waals surface area contributed by atoms with E-state index in [0.717, 1.165) is 51.9 Å². The van der Waals surface area contributed by atoms with Gasteiger partial charge in [-0.3, -0.25) is 9.59 Å². The number of H-pyrrole nitrogens is 3. The third kappa shape index (κ3) is 3.80. The van der Waals surface area contributed by atoms with Crippen LogP contribution in [0.4, 0.5) is 0 Å². The number of hydrogen-bond donors (Lipinski definition) is 4. The van der Waals surface area contributed by atoms with Gasteiger partial charge in [-0.1, -0.05) is 13.8 Å². The van der Waals surface area contributed by atoms with Crippen molar-refractivity contribution in [1.29, 1.82) is 0 Å². The van der Waals surface area contributed by atoms with Gasteiger partial charge in [0.1, 0.15) is 5.92 Å². The zero-order chi connectivity index (χ0) is 26.6. The van der Waals surface area contributed by atoms with E-state index in [4.69, 9.17) is 4.74 Å². The normalized spacial score (nSPS) is 21.2. The summed E-state index contributed by atoms with van der Waals surface area (Å²) in [4.78, 5) is 36.9. The smallest absolute Gasteiger partial charge is 0.321 e. The van der Waals surface area contributed by atoms with E-state index >= 15 is 0 Å². The van der Waals surface area contributed by atoms with Crippen LogP contribution in [0.1, 0.15) is 81.2 Å². The zero-order valence-corrected chi connectivity index (χ0v) is 22.5. The Kier molecular flexibility index (Phi) is 6.10. The first-order chi connectivity index (χ1) is 17.7. The van der Waals surface area contributed by atoms with Gasteiger partial charge in [0.05, 0.1) is 12.8 Å².